The van der Waals surface area contributed by atoms with E-state index in [1.165, 1.54) is 0 Å². The van der Waals surface area contributed by atoms with E-state index in [1.54, 1.807) is 0 Å². The third kappa shape index (κ3) is 6.55. The Bertz CT molecular complexity index is 6250. The Hall–Kier alpha value is -8.50. The molecule has 0 spiro atoms. The number of thiophene rings is 1. The van der Waals surface area contributed by atoms with Crippen LogP contribution in [0.3, 0.4) is 0 Å². The van der Waals surface area contributed by atoms with Gasteiger partial charge >= 0.3 is 0 Å². The molecule has 312 valence electrons. The van der Waals surface area contributed by atoms with Crippen molar-refractivity contribution in [2.75, 3.05) is 0 Å². The molecule has 0 N–H and O–H groups in total. The molecule has 0 radical (unpaired) electrons. The molecular formula is C64H40N2S. The lowest BCUT2D eigenvalue weighted by Crippen LogP contribution is -1.92. The fourth-order valence-electron chi connectivity index (χ4n) is 7.77. The van der Waals surface area contributed by atoms with Gasteiger partial charge in [0, 0.05) is 49.0 Å². The first-order valence-corrected chi connectivity index (χ1v) is 20.4. The summed E-state index contributed by atoms with van der Waals surface area (Å²) in [6.07, 6.45) is -0.841. The molecule has 2 nitrogen and oxygen atoms in total. The van der Waals surface area contributed by atoms with Gasteiger partial charge in [-0.25, -0.2) is 4.98 Å². The molecule has 0 aliphatic carbocycles. The Morgan fingerprint density at radius 1 is 0.299 bits per heavy atom. The van der Waals surface area contributed by atoms with E-state index in [0.29, 0.717) is 0 Å². The Morgan fingerprint density at radius 2 is 0.746 bits per heavy atom. The van der Waals surface area contributed by atoms with Crippen LogP contribution >= 0.6 is 11.3 Å². The molecule has 0 saturated carbocycles. The molecule has 67 heavy (non-hydrogen) atoms. The fraction of sp³-hybridized carbons (Fsp3) is 0. The molecular weight excluding hydrogens is 829 g/mol. The van der Waals surface area contributed by atoms with Crippen molar-refractivity contribution in [3.8, 4) is 76.6 Å². The topological polar surface area (TPSA) is 25.8 Å². The van der Waals surface area contributed by atoms with Gasteiger partial charge < -0.3 is 0 Å². The SMILES string of the molecule is [2H]c1nc2c(c([2H])c1[2H])c([2H])c([2H])c1c([2H])c([2H])c(-c3c([2H])c([2H])c(-c4c([2H])c([2H])c(-c5c(-c6c([2H])c([2H])c([2H])c([2H])c6[2H])sc(-c6c7c([2H])c([2H])c([2H])c([2H])c7c(-c7c([2H])c([2H])c([2H])c([2H])c7[2H])c7c([2H])c([2H])c([2H])c([2H])c67)c5-c5c([2H])c([2H])c([2H])c([2H])c5[2H])c([2H])c4[2H])c4c([2H])c([2H])c([2H])c([2H])c34)nc12. The summed E-state index contributed by atoms with van der Waals surface area (Å²) < 4.78 is 370. The van der Waals surface area contributed by atoms with E-state index in [1.807, 2.05) is 0 Å². The average molecular weight is 909 g/mol. The van der Waals surface area contributed by atoms with Crippen LogP contribution in [0.1, 0.15) is 54.8 Å². The highest BCUT2D eigenvalue weighted by molar-refractivity contribution is 7.20. The number of hydrogen-bond acceptors (Lipinski definition) is 3. The van der Waals surface area contributed by atoms with Crippen molar-refractivity contribution in [1.82, 2.24) is 9.97 Å². The molecule has 0 atom stereocenters. The summed E-state index contributed by atoms with van der Waals surface area (Å²) in [6.45, 7) is 0. The molecule has 3 heterocycles. The van der Waals surface area contributed by atoms with Gasteiger partial charge in [-0.15, -0.1) is 11.3 Å². The molecule has 0 bridgehead atoms. The Morgan fingerprint density at radius 3 is 1.37 bits per heavy atom. The lowest BCUT2D eigenvalue weighted by Gasteiger charge is -2.18. The number of hydrogen-bond donors (Lipinski definition) is 0. The Labute approximate surface area is 449 Å². The summed E-state index contributed by atoms with van der Waals surface area (Å²) in [7, 11) is 0. The second-order valence-electron chi connectivity index (χ2n) is 14.1. The van der Waals surface area contributed by atoms with Crippen LogP contribution in [-0.2, 0) is 0 Å². The lowest BCUT2D eigenvalue weighted by molar-refractivity contribution is 1.37. The Balaban J connectivity index is 1.28. The third-order valence-corrected chi connectivity index (χ3v) is 11.8. The fourth-order valence-corrected chi connectivity index (χ4v) is 9.10. The van der Waals surface area contributed by atoms with Gasteiger partial charge in [-0.3, -0.25) is 4.98 Å². The molecule has 0 fully saturated rings. The maximum absolute atomic E-state index is 10.2. The van der Waals surface area contributed by atoms with Crippen molar-refractivity contribution in [2.24, 2.45) is 0 Å². The first-order valence-electron chi connectivity index (χ1n) is 39.6. The van der Waals surface area contributed by atoms with Crippen molar-refractivity contribution in [2.45, 2.75) is 0 Å². The van der Waals surface area contributed by atoms with Crippen LogP contribution in [0.4, 0.5) is 0 Å². The van der Waals surface area contributed by atoms with Crippen LogP contribution in [-0.4, -0.2) is 9.97 Å². The zero-order valence-electron chi connectivity index (χ0n) is 73.3. The second-order valence-corrected chi connectivity index (χ2v) is 15.2. The zero-order chi connectivity index (χ0) is 79.1. The largest absolute Gasteiger partial charge is 0.254 e. The molecule has 3 aromatic heterocycles. The van der Waals surface area contributed by atoms with Crippen molar-refractivity contribution < 1.29 is 54.8 Å². The van der Waals surface area contributed by atoms with Crippen molar-refractivity contribution >= 4 is 65.5 Å². The number of fused-ring (bicyclic) bond motifs is 6. The lowest BCUT2D eigenvalue weighted by atomic mass is 9.85. The van der Waals surface area contributed by atoms with Crippen LogP contribution in [0.25, 0.3) is 131 Å². The second kappa shape index (κ2) is 16.2. The van der Waals surface area contributed by atoms with Gasteiger partial charge in [0.05, 0.1) is 71.6 Å². The number of aromatic nitrogens is 2. The standard InChI is InChI=1S/C64H40N2S/c1-4-17-42(18-5-1)57-52-26-12-14-28-54(52)60(55-29-15-13-27-53(55)57)64-59(43-19-6-2-7-20-43)58(63(67-64)47-21-8-3-9-22-47)44-32-30-41(31-33-44)48-37-38-51(50-25-11-10-24-49(48)50)56-39-36-46-35-34-45-23-16-40-65-61(45)62(46)66-56/h1-40H/i1D,2D,3D,4D,5D,6D,7D,8D,9D,10D,11D,12D,13D,14D,15D,16D,17D,18D,19D,20D,21D,22D,23D,24D,25D,26D,27D,28D,29D,30D,31D,32D,33D,34D,35D,36D,37D,38D,39D,40D. The van der Waals surface area contributed by atoms with Gasteiger partial charge in [0.1, 0.15) is 0 Å². The van der Waals surface area contributed by atoms with Crippen LogP contribution in [0.15, 0.2) is 242 Å². The first-order chi connectivity index (χ1) is 49.9. The molecule has 0 amide bonds. The summed E-state index contributed by atoms with van der Waals surface area (Å²) in [5.41, 5.74) is -12.6. The van der Waals surface area contributed by atoms with Crippen LogP contribution in [0.2, 0.25) is 0 Å². The van der Waals surface area contributed by atoms with E-state index in [-0.39, 0.29) is 11.3 Å². The summed E-state index contributed by atoms with van der Waals surface area (Å²) in [4.78, 5) is 6.81. The van der Waals surface area contributed by atoms with Crippen LogP contribution in [0, 0.1) is 0 Å². The quantitative estimate of drug-likeness (QED) is 0.118. The van der Waals surface area contributed by atoms with Gasteiger partial charge in [-0.1, -0.05) is 224 Å². The highest BCUT2D eigenvalue weighted by atomic mass is 32.1. The van der Waals surface area contributed by atoms with E-state index in [2.05, 4.69) is 9.97 Å². The highest BCUT2D eigenvalue weighted by Crippen LogP contribution is 2.56. The van der Waals surface area contributed by atoms with E-state index < -0.39 is 373 Å². The van der Waals surface area contributed by atoms with Crippen molar-refractivity contribution in [3.05, 3.63) is 242 Å². The maximum Gasteiger partial charge on any atom is 0.0972 e. The predicted molar refractivity (Wildman–Crippen MR) is 285 cm³/mol. The van der Waals surface area contributed by atoms with Crippen LogP contribution in [0.5, 0.6) is 0 Å². The predicted octanol–water partition coefficient (Wildman–Crippen LogP) is 18.0. The average Bonchev–Trinajstić information content (AvgIpc) is 1.68. The smallest absolute Gasteiger partial charge is 0.0972 e. The molecule has 0 aliphatic heterocycles. The molecule has 13 aromatic rings. The molecule has 0 saturated heterocycles. The van der Waals surface area contributed by atoms with Gasteiger partial charge in [-0.05, 0) is 83.3 Å². The number of rotatable bonds is 7. The van der Waals surface area contributed by atoms with Crippen LogP contribution < -0.4 is 0 Å². The highest BCUT2D eigenvalue weighted by Gasteiger charge is 2.27. The summed E-state index contributed by atoms with van der Waals surface area (Å²) in [5, 5.41) is -6.37. The summed E-state index contributed by atoms with van der Waals surface area (Å²) in [6, 6.07) is -43.0. The minimum Gasteiger partial charge on any atom is -0.254 e. The van der Waals surface area contributed by atoms with Gasteiger partial charge in [0.2, 0.25) is 0 Å². The summed E-state index contributed by atoms with van der Waals surface area (Å²) >= 11 is 0.128. The molecule has 3 heteroatoms. The maximum atomic E-state index is 10.2. The van der Waals surface area contributed by atoms with Gasteiger partial charge in [-0.2, -0.15) is 0 Å². The van der Waals surface area contributed by atoms with Gasteiger partial charge in [0.15, 0.2) is 0 Å². The normalized spacial score (nSPS) is 19.9. The number of pyridine rings is 2. The van der Waals surface area contributed by atoms with E-state index in [4.69, 9.17) is 24.7 Å². The molecule has 0 unspecified atom stereocenters. The third-order valence-electron chi connectivity index (χ3n) is 10.6. The summed E-state index contributed by atoms with van der Waals surface area (Å²) in [5.74, 6) is 0. The minimum absolute atomic E-state index is 0.128. The molecule has 13 rings (SSSR count). The number of benzene rings is 10. The van der Waals surface area contributed by atoms with E-state index in [0.717, 1.165) is 0 Å². The zero-order valence-corrected chi connectivity index (χ0v) is 34.1. The number of nitrogens with zero attached hydrogens (tertiary/aromatic N) is 2. The molecule has 0 aliphatic rings. The van der Waals surface area contributed by atoms with Crippen molar-refractivity contribution in [3.63, 3.8) is 0 Å². The monoisotopic (exact) mass is 909 g/mol. The molecule has 10 aromatic carbocycles. The van der Waals surface area contributed by atoms with E-state index >= 15 is 0 Å². The first kappa shape index (κ1) is 15.8. The Kier molecular flexibility index (Phi) is 3.83. The van der Waals surface area contributed by atoms with Gasteiger partial charge in [0.25, 0.3) is 0 Å². The van der Waals surface area contributed by atoms with E-state index in [9.17, 15) is 30.2 Å². The minimum atomic E-state index is -1.37. The van der Waals surface area contributed by atoms with Crippen molar-refractivity contribution in [1.29, 1.82) is 0 Å².